The number of halogens is 2. The first-order valence-corrected chi connectivity index (χ1v) is 7.04. The van der Waals surface area contributed by atoms with Crippen LogP contribution in [0.25, 0.3) is 0 Å². The van der Waals surface area contributed by atoms with Gasteiger partial charge in [0.05, 0.1) is 5.60 Å². The second kappa shape index (κ2) is 4.39. The van der Waals surface area contributed by atoms with Gasteiger partial charge in [-0.25, -0.2) is 17.2 Å². The predicted octanol–water partition coefficient (Wildman–Crippen LogP) is 0.692. The van der Waals surface area contributed by atoms with Crippen molar-refractivity contribution in [2.75, 3.05) is 18.8 Å². The molecule has 1 atom stereocenters. The van der Waals surface area contributed by atoms with E-state index in [0.717, 1.165) is 10.4 Å². The second-order valence-corrected chi connectivity index (χ2v) is 6.81. The second-order valence-electron chi connectivity index (χ2n) is 4.90. The highest BCUT2D eigenvalue weighted by atomic mass is 32.2. The first-order chi connectivity index (χ1) is 8.63. The Bertz CT molecular complexity index is 617. The molecule has 5 nitrogen and oxygen atoms in total. The lowest BCUT2D eigenvalue weighted by Crippen LogP contribution is -2.34. The van der Waals surface area contributed by atoms with Crippen molar-refractivity contribution in [3.63, 3.8) is 0 Å². The maximum Gasteiger partial charge on any atom is 0.246 e. The van der Waals surface area contributed by atoms with Crippen LogP contribution in [-0.4, -0.2) is 36.5 Å². The van der Waals surface area contributed by atoms with Gasteiger partial charge in [0.25, 0.3) is 0 Å². The minimum Gasteiger partial charge on any atom is -0.399 e. The van der Waals surface area contributed by atoms with Crippen molar-refractivity contribution in [3.05, 3.63) is 23.8 Å². The Morgan fingerprint density at radius 1 is 1.42 bits per heavy atom. The average molecular weight is 292 g/mol. The van der Waals surface area contributed by atoms with Crippen LogP contribution in [0.4, 0.5) is 14.5 Å². The van der Waals surface area contributed by atoms with Crippen LogP contribution in [0.15, 0.2) is 17.0 Å². The third-order valence-corrected chi connectivity index (χ3v) is 4.90. The molecule has 106 valence electrons. The summed E-state index contributed by atoms with van der Waals surface area (Å²) in [6.07, 6.45) is 0.235. The summed E-state index contributed by atoms with van der Waals surface area (Å²) in [5.74, 6) is -2.77. The molecule has 1 aromatic carbocycles. The molecule has 3 N–H and O–H groups in total. The highest BCUT2D eigenvalue weighted by Crippen LogP contribution is 2.29. The SMILES string of the molecule is CC1(O)CCN(S(=O)(=O)c2cc(N)cc(F)c2F)C1. The van der Waals surface area contributed by atoms with Crippen molar-refractivity contribution in [2.45, 2.75) is 23.8 Å². The number of hydrogen-bond acceptors (Lipinski definition) is 4. The van der Waals surface area contributed by atoms with Crippen LogP contribution in [0.1, 0.15) is 13.3 Å². The molecule has 1 aromatic rings. The third-order valence-electron chi connectivity index (χ3n) is 3.05. The van der Waals surface area contributed by atoms with E-state index in [0.29, 0.717) is 6.07 Å². The van der Waals surface area contributed by atoms with E-state index >= 15 is 0 Å². The smallest absolute Gasteiger partial charge is 0.246 e. The van der Waals surface area contributed by atoms with Gasteiger partial charge in [0.1, 0.15) is 4.90 Å². The zero-order valence-corrected chi connectivity index (χ0v) is 11.0. The molecule has 0 spiro atoms. The van der Waals surface area contributed by atoms with Gasteiger partial charge in [0.2, 0.25) is 10.0 Å². The number of aliphatic hydroxyl groups is 1. The zero-order chi connectivity index (χ0) is 14.4. The highest BCUT2D eigenvalue weighted by molar-refractivity contribution is 7.89. The number of β-amino-alcohol motifs (C(OH)–C–C–N with tert-alkyl or cyclic N) is 1. The first kappa shape index (κ1) is 14.2. The van der Waals surface area contributed by atoms with Crippen molar-refractivity contribution in [1.82, 2.24) is 4.31 Å². The fourth-order valence-electron chi connectivity index (χ4n) is 2.02. The molecule has 1 unspecified atom stereocenters. The quantitative estimate of drug-likeness (QED) is 0.786. The Morgan fingerprint density at radius 2 is 2.05 bits per heavy atom. The Morgan fingerprint density at radius 3 is 2.58 bits per heavy atom. The van der Waals surface area contributed by atoms with Crippen LogP contribution >= 0.6 is 0 Å². The Kier molecular flexibility index (Phi) is 3.28. The molecule has 0 saturated carbocycles. The van der Waals surface area contributed by atoms with Gasteiger partial charge in [-0.2, -0.15) is 4.31 Å². The minimum atomic E-state index is -4.21. The summed E-state index contributed by atoms with van der Waals surface area (Å²) in [5.41, 5.74) is 4.00. The van der Waals surface area contributed by atoms with Crippen molar-refractivity contribution < 1.29 is 22.3 Å². The molecule has 8 heteroatoms. The van der Waals surface area contributed by atoms with Crippen LogP contribution < -0.4 is 5.73 Å². The molecule has 1 heterocycles. The molecule has 0 radical (unpaired) electrons. The summed E-state index contributed by atoms with van der Waals surface area (Å²) in [5, 5.41) is 9.75. The van der Waals surface area contributed by atoms with Crippen LogP contribution in [0.3, 0.4) is 0 Å². The van der Waals surface area contributed by atoms with Gasteiger partial charge in [0, 0.05) is 18.8 Å². The summed E-state index contributed by atoms with van der Waals surface area (Å²) in [4.78, 5) is -0.803. The number of anilines is 1. The lowest BCUT2D eigenvalue weighted by atomic mass is 10.1. The highest BCUT2D eigenvalue weighted by Gasteiger charge is 2.40. The van der Waals surface area contributed by atoms with Crippen molar-refractivity contribution in [2.24, 2.45) is 0 Å². The number of nitrogens with zero attached hydrogens (tertiary/aromatic N) is 1. The lowest BCUT2D eigenvalue weighted by Gasteiger charge is -2.19. The molecule has 2 rings (SSSR count). The Labute approximate surface area is 109 Å². The van der Waals surface area contributed by atoms with Crippen molar-refractivity contribution >= 4 is 15.7 Å². The first-order valence-electron chi connectivity index (χ1n) is 5.60. The van der Waals surface area contributed by atoms with Crippen LogP contribution in [0, 0.1) is 11.6 Å². The molecule has 0 amide bonds. The van der Waals surface area contributed by atoms with Gasteiger partial charge in [-0.3, -0.25) is 0 Å². The largest absolute Gasteiger partial charge is 0.399 e. The minimum absolute atomic E-state index is 0.0468. The zero-order valence-electron chi connectivity index (χ0n) is 10.2. The Balaban J connectivity index is 2.47. The molecular formula is C11H14F2N2O3S. The van der Waals surface area contributed by atoms with E-state index in [-0.39, 0.29) is 25.2 Å². The summed E-state index contributed by atoms with van der Waals surface area (Å²) in [6.45, 7) is 1.37. The Hall–Kier alpha value is -1.25. The van der Waals surface area contributed by atoms with Gasteiger partial charge < -0.3 is 10.8 Å². The standard InChI is InChI=1S/C11H14F2N2O3S/c1-11(16)2-3-15(6-11)19(17,18)9-5-7(14)4-8(12)10(9)13/h4-5,16H,2-3,6,14H2,1H3. The fourth-order valence-corrected chi connectivity index (χ4v) is 3.69. The number of rotatable bonds is 2. The normalized spacial score (nSPS) is 24.8. The monoisotopic (exact) mass is 292 g/mol. The number of nitrogens with two attached hydrogens (primary N) is 1. The topological polar surface area (TPSA) is 83.6 Å². The summed E-state index contributed by atoms with van der Waals surface area (Å²) >= 11 is 0. The van der Waals surface area contributed by atoms with Gasteiger partial charge in [-0.15, -0.1) is 0 Å². The molecule has 0 bridgehead atoms. The number of sulfonamides is 1. The van der Waals surface area contributed by atoms with E-state index in [1.54, 1.807) is 0 Å². The van der Waals surface area contributed by atoms with Crippen LogP contribution in [0.5, 0.6) is 0 Å². The van der Waals surface area contributed by atoms with Gasteiger partial charge in [0.15, 0.2) is 11.6 Å². The fraction of sp³-hybridized carbons (Fsp3) is 0.455. The van der Waals surface area contributed by atoms with E-state index in [2.05, 4.69) is 0 Å². The third kappa shape index (κ3) is 2.56. The van der Waals surface area contributed by atoms with Crippen molar-refractivity contribution in [3.8, 4) is 0 Å². The number of benzene rings is 1. The predicted molar refractivity (Wildman–Crippen MR) is 64.8 cm³/mol. The number of hydrogen-bond donors (Lipinski definition) is 2. The summed E-state index contributed by atoms with van der Waals surface area (Å²) in [6, 6.07) is 1.59. The molecule has 0 aromatic heterocycles. The molecular weight excluding hydrogens is 278 g/mol. The number of nitrogen functional groups attached to an aromatic ring is 1. The molecule has 1 fully saturated rings. The van der Waals surface area contributed by atoms with Crippen LogP contribution in [-0.2, 0) is 10.0 Å². The van der Waals surface area contributed by atoms with E-state index in [9.17, 15) is 22.3 Å². The maximum atomic E-state index is 13.6. The molecule has 1 aliphatic heterocycles. The lowest BCUT2D eigenvalue weighted by molar-refractivity contribution is 0.0762. The van der Waals surface area contributed by atoms with E-state index in [1.165, 1.54) is 6.92 Å². The average Bonchev–Trinajstić information content (AvgIpc) is 2.64. The summed E-state index contributed by atoms with van der Waals surface area (Å²) < 4.78 is 52.2. The van der Waals surface area contributed by atoms with Crippen LogP contribution in [0.2, 0.25) is 0 Å². The molecule has 19 heavy (non-hydrogen) atoms. The maximum absolute atomic E-state index is 13.6. The molecule has 0 aliphatic carbocycles. The summed E-state index contributed by atoms with van der Waals surface area (Å²) in [7, 11) is -4.21. The van der Waals surface area contributed by atoms with Gasteiger partial charge in [-0.05, 0) is 25.5 Å². The molecule has 1 aliphatic rings. The van der Waals surface area contributed by atoms with E-state index in [4.69, 9.17) is 5.73 Å². The van der Waals surface area contributed by atoms with Crippen molar-refractivity contribution in [1.29, 1.82) is 0 Å². The molecule has 1 saturated heterocycles. The van der Waals surface area contributed by atoms with E-state index < -0.39 is 32.2 Å². The van der Waals surface area contributed by atoms with E-state index in [1.807, 2.05) is 0 Å². The van der Waals surface area contributed by atoms with Gasteiger partial charge in [-0.1, -0.05) is 0 Å². The van der Waals surface area contributed by atoms with Gasteiger partial charge >= 0.3 is 0 Å².